The molecule has 3 rings (SSSR count). The van der Waals surface area contributed by atoms with Gasteiger partial charge in [0, 0.05) is 17.0 Å². The maximum Gasteiger partial charge on any atom is 0.494 e. The first-order chi connectivity index (χ1) is 10.3. The molecule has 0 spiro atoms. The molecule has 0 N–H and O–H groups in total. The number of halogens is 1. The molecule has 0 aromatic heterocycles. The summed E-state index contributed by atoms with van der Waals surface area (Å²) >= 11 is 3.48. The molecule has 4 heteroatoms. The number of rotatable bonds is 3. The van der Waals surface area contributed by atoms with Gasteiger partial charge in [-0.25, -0.2) is 0 Å². The minimum Gasteiger partial charge on any atom is -0.404 e. The van der Waals surface area contributed by atoms with E-state index in [1.54, 1.807) is 0 Å². The number of hydrogen-bond acceptors (Lipinski definition) is 2. The average molecular weight is 345 g/mol. The highest BCUT2D eigenvalue weighted by molar-refractivity contribution is 9.10. The lowest BCUT2D eigenvalue weighted by molar-refractivity contribution is 0.0200. The quantitative estimate of drug-likeness (QED) is 0.780. The van der Waals surface area contributed by atoms with E-state index >= 15 is 0 Å². The molecule has 0 amide bonds. The van der Waals surface area contributed by atoms with Gasteiger partial charge in [0.1, 0.15) is 0 Å². The number of benzene rings is 2. The van der Waals surface area contributed by atoms with Crippen LogP contribution in [0, 0.1) is 0 Å². The van der Waals surface area contributed by atoms with Crippen LogP contribution in [0.2, 0.25) is 0 Å². The van der Waals surface area contributed by atoms with Gasteiger partial charge in [-0.3, -0.25) is 0 Å². The normalized spacial score (nSPS) is 22.3. The topological polar surface area (TPSA) is 18.5 Å². The molecule has 108 valence electrons. The molecule has 1 heterocycles. The second kappa shape index (κ2) is 6.78. The Hall–Kier alpha value is -1.10. The fraction of sp³-hybridized carbons (Fsp3) is 0.294. The van der Waals surface area contributed by atoms with E-state index in [9.17, 15) is 0 Å². The van der Waals surface area contributed by atoms with Crippen LogP contribution in [0.25, 0.3) is 0 Å². The van der Waals surface area contributed by atoms with Crippen molar-refractivity contribution in [1.82, 2.24) is 0 Å². The molecule has 2 aromatic rings. The molecule has 2 aromatic carbocycles. The first-order valence-corrected chi connectivity index (χ1v) is 8.17. The standard InChI is InChI=1S/C17H18BBrO2/c1-2-16-12-17(13-8-10-15(19)11-9-13)21-18(20-16)14-6-4-3-5-7-14/h3-11,16-17H,2,12H2,1H3/t16-,17-/m0/s1. The third-order valence-corrected chi connectivity index (χ3v) is 4.38. The SMILES string of the molecule is CC[C@H]1C[C@@H](c2ccc(Br)cc2)OB(c2ccccc2)O1. The van der Waals surface area contributed by atoms with E-state index in [-0.39, 0.29) is 19.3 Å². The van der Waals surface area contributed by atoms with Crippen molar-refractivity contribution in [2.75, 3.05) is 0 Å². The van der Waals surface area contributed by atoms with E-state index in [0.717, 1.165) is 22.8 Å². The highest BCUT2D eigenvalue weighted by atomic mass is 79.9. The Bertz CT molecular complexity index is 573. The molecule has 21 heavy (non-hydrogen) atoms. The summed E-state index contributed by atoms with van der Waals surface area (Å²) in [5.41, 5.74) is 2.29. The minimum absolute atomic E-state index is 0.0852. The lowest BCUT2D eigenvalue weighted by Crippen LogP contribution is -2.45. The first kappa shape index (κ1) is 14.8. The molecule has 0 unspecified atom stereocenters. The third kappa shape index (κ3) is 3.57. The van der Waals surface area contributed by atoms with E-state index in [4.69, 9.17) is 9.31 Å². The molecule has 1 aliphatic rings. The zero-order valence-corrected chi connectivity index (χ0v) is 13.6. The fourth-order valence-corrected chi connectivity index (χ4v) is 2.89. The summed E-state index contributed by atoms with van der Waals surface area (Å²) in [7, 11) is -0.279. The van der Waals surface area contributed by atoms with Crippen LogP contribution >= 0.6 is 15.9 Å². The van der Waals surface area contributed by atoms with Crippen molar-refractivity contribution in [3.05, 3.63) is 64.6 Å². The lowest BCUT2D eigenvalue weighted by Gasteiger charge is -2.34. The molecule has 2 atom stereocenters. The summed E-state index contributed by atoms with van der Waals surface area (Å²) in [4.78, 5) is 0. The second-order valence-corrected chi connectivity index (χ2v) is 6.24. The maximum atomic E-state index is 6.19. The van der Waals surface area contributed by atoms with Gasteiger partial charge in [0.25, 0.3) is 0 Å². The summed E-state index contributed by atoms with van der Waals surface area (Å²) < 4.78 is 13.3. The van der Waals surface area contributed by atoms with Crippen molar-refractivity contribution in [1.29, 1.82) is 0 Å². The van der Waals surface area contributed by atoms with Crippen LogP contribution in [0.4, 0.5) is 0 Å². The fourth-order valence-electron chi connectivity index (χ4n) is 2.63. The molecular formula is C17H18BBrO2. The molecule has 0 aliphatic carbocycles. The van der Waals surface area contributed by atoms with Gasteiger partial charge in [0.05, 0.1) is 6.10 Å². The van der Waals surface area contributed by atoms with Crippen molar-refractivity contribution in [2.45, 2.75) is 32.0 Å². The van der Waals surface area contributed by atoms with Crippen molar-refractivity contribution < 1.29 is 9.31 Å². The molecule has 1 fully saturated rings. The Morgan fingerprint density at radius 1 is 1.05 bits per heavy atom. The van der Waals surface area contributed by atoms with Crippen LogP contribution in [0.15, 0.2) is 59.1 Å². The van der Waals surface area contributed by atoms with E-state index in [0.29, 0.717) is 0 Å². The molecule has 0 radical (unpaired) electrons. The van der Waals surface area contributed by atoms with Gasteiger partial charge >= 0.3 is 7.12 Å². The third-order valence-electron chi connectivity index (χ3n) is 3.85. The van der Waals surface area contributed by atoms with Crippen LogP contribution in [-0.2, 0) is 9.31 Å². The predicted molar refractivity (Wildman–Crippen MR) is 89.6 cm³/mol. The highest BCUT2D eigenvalue weighted by Crippen LogP contribution is 2.31. The van der Waals surface area contributed by atoms with Crippen LogP contribution in [0.1, 0.15) is 31.4 Å². The molecule has 0 saturated carbocycles. The van der Waals surface area contributed by atoms with Gasteiger partial charge in [-0.2, -0.15) is 0 Å². The van der Waals surface area contributed by atoms with Crippen LogP contribution in [-0.4, -0.2) is 13.2 Å². The monoisotopic (exact) mass is 344 g/mol. The first-order valence-electron chi connectivity index (χ1n) is 7.37. The summed E-state index contributed by atoms with van der Waals surface area (Å²) in [5, 5.41) is 0. The molecule has 1 aliphatic heterocycles. The van der Waals surface area contributed by atoms with E-state index in [2.05, 4.69) is 59.3 Å². The van der Waals surface area contributed by atoms with Crippen molar-refractivity contribution in [3.63, 3.8) is 0 Å². The van der Waals surface area contributed by atoms with Crippen LogP contribution < -0.4 is 5.46 Å². The van der Waals surface area contributed by atoms with Gasteiger partial charge in [-0.15, -0.1) is 0 Å². The zero-order valence-electron chi connectivity index (χ0n) is 12.0. The Labute approximate surface area is 134 Å². The Morgan fingerprint density at radius 3 is 2.43 bits per heavy atom. The molecule has 0 bridgehead atoms. The smallest absolute Gasteiger partial charge is 0.404 e. The average Bonchev–Trinajstić information content (AvgIpc) is 2.56. The Balaban J connectivity index is 1.83. The molecule has 1 saturated heterocycles. The van der Waals surface area contributed by atoms with E-state index < -0.39 is 0 Å². The van der Waals surface area contributed by atoms with Crippen molar-refractivity contribution >= 4 is 28.5 Å². The van der Waals surface area contributed by atoms with E-state index in [1.807, 2.05) is 18.2 Å². The van der Waals surface area contributed by atoms with Crippen molar-refractivity contribution in [2.24, 2.45) is 0 Å². The van der Waals surface area contributed by atoms with Crippen molar-refractivity contribution in [3.8, 4) is 0 Å². The minimum atomic E-state index is -0.279. The van der Waals surface area contributed by atoms with Crippen LogP contribution in [0.3, 0.4) is 0 Å². The molecule has 2 nitrogen and oxygen atoms in total. The Morgan fingerprint density at radius 2 is 1.76 bits per heavy atom. The van der Waals surface area contributed by atoms with Gasteiger partial charge in [0.2, 0.25) is 0 Å². The van der Waals surface area contributed by atoms with E-state index in [1.165, 1.54) is 5.56 Å². The van der Waals surface area contributed by atoms with Gasteiger partial charge in [-0.05, 0) is 29.6 Å². The number of hydrogen-bond donors (Lipinski definition) is 0. The largest absolute Gasteiger partial charge is 0.494 e. The summed E-state index contributed by atoms with van der Waals surface area (Å²) in [6, 6.07) is 18.5. The van der Waals surface area contributed by atoms with Gasteiger partial charge in [-0.1, -0.05) is 65.3 Å². The maximum absolute atomic E-state index is 6.19. The zero-order chi connectivity index (χ0) is 14.7. The highest BCUT2D eigenvalue weighted by Gasteiger charge is 2.35. The summed E-state index contributed by atoms with van der Waals surface area (Å²) in [6.07, 6.45) is 2.22. The lowest BCUT2D eigenvalue weighted by atomic mass is 9.76. The second-order valence-electron chi connectivity index (χ2n) is 5.32. The van der Waals surface area contributed by atoms with Crippen LogP contribution in [0.5, 0.6) is 0 Å². The van der Waals surface area contributed by atoms with Gasteiger partial charge in [0.15, 0.2) is 0 Å². The summed E-state index contributed by atoms with van der Waals surface area (Å²) in [6.45, 7) is 2.16. The predicted octanol–water partition coefficient (Wildman–Crippen LogP) is 4.10. The molecular weight excluding hydrogens is 327 g/mol. The van der Waals surface area contributed by atoms with Gasteiger partial charge < -0.3 is 9.31 Å². The summed E-state index contributed by atoms with van der Waals surface area (Å²) in [5.74, 6) is 0. The Kier molecular flexibility index (Phi) is 4.78.